The topological polar surface area (TPSA) is 61.9 Å². The third-order valence-electron chi connectivity index (χ3n) is 5.37. The highest BCUT2D eigenvalue weighted by Crippen LogP contribution is 2.33. The third kappa shape index (κ3) is 5.87. The first-order valence-corrected chi connectivity index (χ1v) is 10.3. The van der Waals surface area contributed by atoms with Gasteiger partial charge in [-0.15, -0.1) is 0 Å². The fraction of sp³-hybridized carbons (Fsp3) is 0.455. The summed E-state index contributed by atoms with van der Waals surface area (Å²) in [6.45, 7) is 6.38. The molecule has 2 aliphatic heterocycles. The second-order valence-electron chi connectivity index (χ2n) is 7.65. The van der Waals surface area contributed by atoms with E-state index in [-0.39, 0.29) is 22.7 Å². The van der Waals surface area contributed by atoms with E-state index >= 15 is 0 Å². The summed E-state index contributed by atoms with van der Waals surface area (Å²) in [6.07, 6.45) is -1.84. The highest BCUT2D eigenvalue weighted by atomic mass is 19.4. The van der Waals surface area contributed by atoms with E-state index in [4.69, 9.17) is 4.74 Å². The van der Waals surface area contributed by atoms with Crippen molar-refractivity contribution in [1.29, 1.82) is 0 Å². The van der Waals surface area contributed by atoms with Gasteiger partial charge in [0, 0.05) is 31.8 Å². The molecule has 1 aromatic carbocycles. The summed E-state index contributed by atoms with van der Waals surface area (Å²) in [7, 11) is 0. The number of ether oxygens (including phenoxy) is 1. The fourth-order valence-corrected chi connectivity index (χ4v) is 3.64. The average molecular weight is 455 g/mol. The van der Waals surface area contributed by atoms with Crippen molar-refractivity contribution >= 4 is 11.8 Å². The van der Waals surface area contributed by atoms with Crippen LogP contribution >= 0.6 is 0 Å². The number of benzene rings is 1. The highest BCUT2D eigenvalue weighted by molar-refractivity contribution is 6.00. The minimum atomic E-state index is -4.81. The number of morpholine rings is 1. The highest BCUT2D eigenvalue weighted by Gasteiger charge is 2.42. The molecular weight excluding hydrogens is 430 g/mol. The minimum absolute atomic E-state index is 0.209. The minimum Gasteiger partial charge on any atom is -0.378 e. The molecule has 0 saturated carbocycles. The van der Waals surface area contributed by atoms with E-state index in [0.717, 1.165) is 37.1 Å². The van der Waals surface area contributed by atoms with Crippen LogP contribution in [0.4, 0.5) is 17.6 Å². The molecule has 0 bridgehead atoms. The second-order valence-corrected chi connectivity index (χ2v) is 7.65. The standard InChI is InChI=1S/C22H25F4N3O3/c1-15(20(30)27-19(22(24,25)26)16-4-6-17(23)7-5-16)14-18(28-10-12-32-13-11-28)21(31)29-8-2-3-9-29/h4-7,14,19H,1-3,8-13H2,(H,27,30)/b18-14-. The Morgan fingerprint density at radius 1 is 1.03 bits per heavy atom. The van der Waals surface area contributed by atoms with Crippen LogP contribution < -0.4 is 5.32 Å². The number of hydrogen-bond acceptors (Lipinski definition) is 4. The summed E-state index contributed by atoms with van der Waals surface area (Å²) < 4.78 is 59.2. The summed E-state index contributed by atoms with van der Waals surface area (Å²) in [4.78, 5) is 29.0. The summed E-state index contributed by atoms with van der Waals surface area (Å²) >= 11 is 0. The normalized spacial score (nSPS) is 18.4. The SMILES string of the molecule is C=C(/C=C(/C(=O)N1CCCC1)N1CCOCC1)C(=O)NC(c1ccc(F)cc1)C(F)(F)F. The van der Waals surface area contributed by atoms with Crippen molar-refractivity contribution in [1.82, 2.24) is 15.1 Å². The zero-order valence-corrected chi connectivity index (χ0v) is 17.5. The first kappa shape index (κ1) is 23.8. The van der Waals surface area contributed by atoms with Crippen LogP contribution in [0, 0.1) is 5.82 Å². The monoisotopic (exact) mass is 455 g/mol. The number of halogens is 4. The first-order chi connectivity index (χ1) is 15.2. The molecule has 3 rings (SSSR count). The van der Waals surface area contributed by atoms with E-state index in [0.29, 0.717) is 39.4 Å². The van der Waals surface area contributed by atoms with E-state index in [1.165, 1.54) is 6.08 Å². The number of rotatable bonds is 6. The van der Waals surface area contributed by atoms with Crippen LogP contribution in [0.15, 0.2) is 48.2 Å². The van der Waals surface area contributed by atoms with Crippen LogP contribution in [-0.2, 0) is 14.3 Å². The lowest BCUT2D eigenvalue weighted by molar-refractivity contribution is -0.162. The number of likely N-dealkylation sites (tertiary alicyclic amines) is 1. The Morgan fingerprint density at radius 2 is 1.62 bits per heavy atom. The molecule has 0 aliphatic carbocycles. The molecule has 174 valence electrons. The Labute approximate surface area is 183 Å². The Bertz CT molecular complexity index is 871. The molecule has 1 unspecified atom stereocenters. The summed E-state index contributed by atoms with van der Waals surface area (Å²) in [5.74, 6) is -2.05. The van der Waals surface area contributed by atoms with Gasteiger partial charge in [-0.05, 0) is 36.6 Å². The molecule has 2 aliphatic rings. The van der Waals surface area contributed by atoms with E-state index in [1.807, 2.05) is 5.32 Å². The van der Waals surface area contributed by atoms with Crippen molar-refractivity contribution in [2.24, 2.45) is 0 Å². The van der Waals surface area contributed by atoms with Crippen molar-refractivity contribution in [3.63, 3.8) is 0 Å². The predicted octanol–water partition coefficient (Wildman–Crippen LogP) is 2.94. The molecule has 1 aromatic rings. The van der Waals surface area contributed by atoms with Gasteiger partial charge >= 0.3 is 6.18 Å². The number of carbonyl (C=O) groups is 2. The average Bonchev–Trinajstić information content (AvgIpc) is 3.30. The molecule has 2 heterocycles. The maximum Gasteiger partial charge on any atom is 0.412 e. The van der Waals surface area contributed by atoms with Gasteiger partial charge in [0.2, 0.25) is 0 Å². The van der Waals surface area contributed by atoms with Crippen molar-refractivity contribution in [2.45, 2.75) is 25.1 Å². The molecule has 2 saturated heterocycles. The van der Waals surface area contributed by atoms with Gasteiger partial charge in [-0.3, -0.25) is 9.59 Å². The molecule has 0 aromatic heterocycles. The van der Waals surface area contributed by atoms with Crippen molar-refractivity contribution in [3.05, 3.63) is 59.6 Å². The predicted molar refractivity (Wildman–Crippen MR) is 109 cm³/mol. The van der Waals surface area contributed by atoms with Crippen LogP contribution in [0.2, 0.25) is 0 Å². The maximum atomic E-state index is 13.6. The van der Waals surface area contributed by atoms with Crippen LogP contribution in [0.5, 0.6) is 0 Å². The third-order valence-corrected chi connectivity index (χ3v) is 5.37. The maximum absolute atomic E-state index is 13.6. The number of carbonyl (C=O) groups excluding carboxylic acids is 2. The van der Waals surface area contributed by atoms with Gasteiger partial charge in [0.15, 0.2) is 6.04 Å². The van der Waals surface area contributed by atoms with Gasteiger partial charge in [0.05, 0.1) is 13.2 Å². The van der Waals surface area contributed by atoms with Crippen LogP contribution in [0.3, 0.4) is 0 Å². The first-order valence-electron chi connectivity index (χ1n) is 10.3. The van der Waals surface area contributed by atoms with E-state index in [9.17, 15) is 27.2 Å². The Kier molecular flexibility index (Phi) is 7.55. The van der Waals surface area contributed by atoms with Crippen LogP contribution in [-0.4, -0.2) is 67.2 Å². The molecule has 1 N–H and O–H groups in total. The van der Waals surface area contributed by atoms with Gasteiger partial charge in [-0.2, -0.15) is 13.2 Å². The lowest BCUT2D eigenvalue weighted by Crippen LogP contribution is -2.43. The molecule has 2 fully saturated rings. The molecule has 0 radical (unpaired) electrons. The summed E-state index contributed by atoms with van der Waals surface area (Å²) in [5.41, 5.74) is -0.387. The van der Waals surface area contributed by atoms with Crippen molar-refractivity contribution in [2.75, 3.05) is 39.4 Å². The lowest BCUT2D eigenvalue weighted by Gasteiger charge is -2.32. The van der Waals surface area contributed by atoms with Crippen LogP contribution in [0.25, 0.3) is 0 Å². The van der Waals surface area contributed by atoms with Gasteiger partial charge in [0.25, 0.3) is 11.8 Å². The van der Waals surface area contributed by atoms with E-state index in [1.54, 1.807) is 9.80 Å². The molecule has 10 heteroatoms. The molecule has 0 spiro atoms. The van der Waals surface area contributed by atoms with Gasteiger partial charge in [0.1, 0.15) is 11.5 Å². The number of nitrogens with zero attached hydrogens (tertiary/aromatic N) is 2. The van der Waals surface area contributed by atoms with Gasteiger partial charge < -0.3 is 19.9 Å². The van der Waals surface area contributed by atoms with Gasteiger partial charge in [-0.25, -0.2) is 4.39 Å². The van der Waals surface area contributed by atoms with Crippen molar-refractivity contribution in [3.8, 4) is 0 Å². The zero-order valence-electron chi connectivity index (χ0n) is 17.5. The molecular formula is C22H25F4N3O3. The van der Waals surface area contributed by atoms with E-state index in [2.05, 4.69) is 6.58 Å². The Hall–Kier alpha value is -2.88. The van der Waals surface area contributed by atoms with E-state index < -0.39 is 23.9 Å². The van der Waals surface area contributed by atoms with Gasteiger partial charge in [-0.1, -0.05) is 18.7 Å². The fourth-order valence-electron chi connectivity index (χ4n) is 3.64. The van der Waals surface area contributed by atoms with Crippen molar-refractivity contribution < 1.29 is 31.9 Å². The molecule has 6 nitrogen and oxygen atoms in total. The summed E-state index contributed by atoms with van der Waals surface area (Å²) in [5, 5.41) is 1.91. The second kappa shape index (κ2) is 10.2. The smallest absolute Gasteiger partial charge is 0.378 e. The molecule has 32 heavy (non-hydrogen) atoms. The number of nitrogens with one attached hydrogen (secondary N) is 1. The lowest BCUT2D eigenvalue weighted by atomic mass is 10.1. The summed E-state index contributed by atoms with van der Waals surface area (Å²) in [6, 6.07) is 1.35. The number of amides is 2. The Balaban J connectivity index is 1.81. The quantitative estimate of drug-likeness (QED) is 0.407. The molecule has 2 amide bonds. The zero-order chi connectivity index (χ0) is 23.3. The largest absolute Gasteiger partial charge is 0.412 e. The van der Waals surface area contributed by atoms with Crippen LogP contribution in [0.1, 0.15) is 24.4 Å². The number of hydrogen-bond donors (Lipinski definition) is 1. The molecule has 1 atom stereocenters. The Morgan fingerprint density at radius 3 is 2.19 bits per heavy atom. The number of alkyl halides is 3.